The van der Waals surface area contributed by atoms with E-state index in [2.05, 4.69) is 10.0 Å². The van der Waals surface area contributed by atoms with Crippen LogP contribution in [-0.2, 0) is 20.0 Å². The van der Waals surface area contributed by atoms with Gasteiger partial charge in [0.1, 0.15) is 0 Å². The molecule has 1 amide bonds. The van der Waals surface area contributed by atoms with Crippen LogP contribution >= 0.6 is 0 Å². The van der Waals surface area contributed by atoms with Crippen molar-refractivity contribution < 1.29 is 21.6 Å². The van der Waals surface area contributed by atoms with Gasteiger partial charge < -0.3 is 5.32 Å². The van der Waals surface area contributed by atoms with Gasteiger partial charge in [-0.05, 0) is 66.9 Å². The molecule has 0 spiro atoms. The molecule has 0 saturated heterocycles. The van der Waals surface area contributed by atoms with Crippen molar-refractivity contribution in [3.05, 3.63) is 96.6 Å². The quantitative estimate of drug-likeness (QED) is 0.348. The summed E-state index contributed by atoms with van der Waals surface area (Å²) in [7, 11) is -5.79. The normalized spacial score (nSPS) is 11.7. The van der Waals surface area contributed by atoms with Crippen LogP contribution in [0.1, 0.15) is 17.3 Å². The van der Waals surface area contributed by atoms with Crippen molar-refractivity contribution in [1.82, 2.24) is 0 Å². The van der Waals surface area contributed by atoms with E-state index in [0.29, 0.717) is 22.6 Å². The highest BCUT2D eigenvalue weighted by molar-refractivity contribution is 7.93. The maximum Gasteiger partial charge on any atom is 0.261 e. The molecule has 0 bridgehead atoms. The van der Waals surface area contributed by atoms with Crippen molar-refractivity contribution in [2.75, 3.05) is 27.1 Å². The van der Waals surface area contributed by atoms with Crippen molar-refractivity contribution in [2.24, 2.45) is 0 Å². The Kier molecular flexibility index (Phi) is 7.00. The van der Waals surface area contributed by atoms with Crippen molar-refractivity contribution in [1.29, 1.82) is 0 Å². The Balaban J connectivity index is 1.46. The van der Waals surface area contributed by atoms with Gasteiger partial charge in [-0.15, -0.1) is 0 Å². The van der Waals surface area contributed by atoms with Gasteiger partial charge in [-0.2, -0.15) is 0 Å². The SMILES string of the molecule is CCS(=O)(=O)N(C)c1ccc(C(=O)Nc2ccc(S(=O)(=O)Nc3cccc4ccccc34)cc2)cc1. The number of amides is 1. The van der Waals surface area contributed by atoms with Crippen LogP contribution in [-0.4, -0.2) is 35.5 Å². The van der Waals surface area contributed by atoms with E-state index in [4.69, 9.17) is 0 Å². The first-order valence-electron chi connectivity index (χ1n) is 11.1. The molecule has 0 radical (unpaired) electrons. The predicted molar refractivity (Wildman–Crippen MR) is 143 cm³/mol. The van der Waals surface area contributed by atoms with Crippen molar-refractivity contribution >= 4 is 53.8 Å². The molecule has 10 heteroatoms. The molecule has 0 aliphatic carbocycles. The zero-order valence-electron chi connectivity index (χ0n) is 19.7. The lowest BCUT2D eigenvalue weighted by Crippen LogP contribution is -2.28. The predicted octanol–water partition coefficient (Wildman–Crippen LogP) is 4.68. The number of nitrogens with one attached hydrogen (secondary N) is 2. The topological polar surface area (TPSA) is 113 Å². The molecule has 0 aromatic heterocycles. The van der Waals surface area contributed by atoms with E-state index in [1.807, 2.05) is 30.3 Å². The lowest BCUT2D eigenvalue weighted by atomic mass is 10.1. The summed E-state index contributed by atoms with van der Waals surface area (Å²) in [5.41, 5.74) is 1.67. The van der Waals surface area contributed by atoms with E-state index >= 15 is 0 Å². The highest BCUT2D eigenvalue weighted by atomic mass is 32.2. The first kappa shape index (κ1) is 25.2. The summed E-state index contributed by atoms with van der Waals surface area (Å²) in [6, 6.07) is 24.9. The molecule has 36 heavy (non-hydrogen) atoms. The van der Waals surface area contributed by atoms with E-state index in [1.165, 1.54) is 47.8 Å². The fraction of sp³-hybridized carbons (Fsp3) is 0.115. The number of sulfonamides is 2. The van der Waals surface area contributed by atoms with Crippen LogP contribution in [0.2, 0.25) is 0 Å². The van der Waals surface area contributed by atoms with E-state index in [9.17, 15) is 21.6 Å². The number of benzene rings is 4. The van der Waals surface area contributed by atoms with Crippen LogP contribution in [0.15, 0.2) is 95.9 Å². The Morgan fingerprint density at radius 2 is 1.44 bits per heavy atom. The number of carbonyl (C=O) groups excluding carboxylic acids is 1. The number of nitrogens with zero attached hydrogens (tertiary/aromatic N) is 1. The third-order valence-electron chi connectivity index (χ3n) is 5.73. The zero-order valence-corrected chi connectivity index (χ0v) is 21.3. The standard InChI is InChI=1S/C26H25N3O5S2/c1-3-35(31,32)29(2)22-15-11-20(12-16-22)26(30)27-21-13-17-23(18-14-21)36(33,34)28-25-10-6-8-19-7-4-5-9-24(19)25/h4-18,28H,3H2,1-2H3,(H,27,30). The van der Waals surface area contributed by atoms with Crippen molar-refractivity contribution in [3.63, 3.8) is 0 Å². The van der Waals surface area contributed by atoms with E-state index < -0.39 is 26.0 Å². The molecule has 4 aromatic carbocycles. The maximum atomic E-state index is 12.9. The Bertz CT molecular complexity index is 1610. The number of hydrogen-bond acceptors (Lipinski definition) is 5. The molecule has 0 aliphatic heterocycles. The Morgan fingerprint density at radius 3 is 2.11 bits per heavy atom. The highest BCUT2D eigenvalue weighted by Crippen LogP contribution is 2.26. The van der Waals surface area contributed by atoms with Gasteiger partial charge in [0, 0.05) is 23.7 Å². The summed E-state index contributed by atoms with van der Waals surface area (Å²) < 4.78 is 53.7. The Hall–Kier alpha value is -3.89. The zero-order chi connectivity index (χ0) is 25.9. The maximum absolute atomic E-state index is 12.9. The van der Waals surface area contributed by atoms with Crippen LogP contribution in [0.5, 0.6) is 0 Å². The Labute approximate surface area is 210 Å². The van der Waals surface area contributed by atoms with Gasteiger partial charge in [-0.3, -0.25) is 13.8 Å². The number of anilines is 3. The minimum Gasteiger partial charge on any atom is -0.322 e. The second-order valence-corrected chi connectivity index (χ2v) is 12.0. The molecular weight excluding hydrogens is 498 g/mol. The summed E-state index contributed by atoms with van der Waals surface area (Å²) in [5.74, 6) is -0.443. The van der Waals surface area contributed by atoms with Crippen molar-refractivity contribution in [2.45, 2.75) is 11.8 Å². The minimum absolute atomic E-state index is 0.0328. The molecule has 0 unspecified atom stereocenters. The molecule has 2 N–H and O–H groups in total. The molecule has 186 valence electrons. The average molecular weight is 524 g/mol. The van der Waals surface area contributed by atoms with Crippen LogP contribution in [0.3, 0.4) is 0 Å². The van der Waals surface area contributed by atoms with E-state index in [0.717, 1.165) is 10.8 Å². The van der Waals surface area contributed by atoms with Gasteiger partial charge in [0.05, 0.1) is 22.0 Å². The lowest BCUT2D eigenvalue weighted by molar-refractivity contribution is 0.102. The molecule has 0 heterocycles. The molecule has 0 atom stereocenters. The number of hydrogen-bond donors (Lipinski definition) is 2. The van der Waals surface area contributed by atoms with Gasteiger partial charge in [-0.25, -0.2) is 16.8 Å². The molecule has 8 nitrogen and oxygen atoms in total. The highest BCUT2D eigenvalue weighted by Gasteiger charge is 2.18. The summed E-state index contributed by atoms with van der Waals surface area (Å²) in [4.78, 5) is 12.7. The van der Waals surface area contributed by atoms with Crippen LogP contribution in [0, 0.1) is 0 Å². The lowest BCUT2D eigenvalue weighted by Gasteiger charge is -2.18. The monoisotopic (exact) mass is 523 g/mol. The number of carbonyl (C=O) groups is 1. The number of fused-ring (bicyclic) bond motifs is 1. The van der Waals surface area contributed by atoms with Crippen LogP contribution in [0.25, 0.3) is 10.8 Å². The van der Waals surface area contributed by atoms with Crippen molar-refractivity contribution in [3.8, 4) is 0 Å². The minimum atomic E-state index is -3.85. The van der Waals surface area contributed by atoms with E-state index in [-0.39, 0.29) is 10.6 Å². The molecule has 0 fully saturated rings. The second kappa shape index (κ2) is 10.00. The Morgan fingerprint density at radius 1 is 0.806 bits per heavy atom. The fourth-order valence-corrected chi connectivity index (χ4v) is 5.53. The van der Waals surface area contributed by atoms with Gasteiger partial charge >= 0.3 is 0 Å². The largest absolute Gasteiger partial charge is 0.322 e. The third-order valence-corrected chi connectivity index (χ3v) is 8.89. The third kappa shape index (κ3) is 5.34. The van der Waals surface area contributed by atoms with Gasteiger partial charge in [-0.1, -0.05) is 36.4 Å². The van der Waals surface area contributed by atoms with Gasteiger partial charge in [0.25, 0.3) is 15.9 Å². The van der Waals surface area contributed by atoms with Gasteiger partial charge in [0.15, 0.2) is 0 Å². The summed E-state index contributed by atoms with van der Waals surface area (Å²) in [6.07, 6.45) is 0. The summed E-state index contributed by atoms with van der Waals surface area (Å²) in [6.45, 7) is 1.56. The second-order valence-electron chi connectivity index (χ2n) is 8.03. The average Bonchev–Trinajstić information content (AvgIpc) is 2.88. The smallest absolute Gasteiger partial charge is 0.261 e. The fourth-order valence-electron chi connectivity index (χ4n) is 3.62. The first-order chi connectivity index (χ1) is 17.1. The van der Waals surface area contributed by atoms with Crippen LogP contribution < -0.4 is 14.3 Å². The molecule has 4 rings (SSSR count). The molecule has 4 aromatic rings. The molecule has 0 saturated carbocycles. The first-order valence-corrected chi connectivity index (χ1v) is 14.2. The van der Waals surface area contributed by atoms with E-state index in [1.54, 1.807) is 31.2 Å². The molecular formula is C26H25N3O5S2. The number of rotatable bonds is 8. The van der Waals surface area contributed by atoms with Gasteiger partial charge in [0.2, 0.25) is 10.0 Å². The molecule has 0 aliphatic rings. The summed E-state index contributed by atoms with van der Waals surface area (Å²) in [5, 5.41) is 4.42. The van der Waals surface area contributed by atoms with Crippen LogP contribution in [0.4, 0.5) is 17.1 Å². The summed E-state index contributed by atoms with van der Waals surface area (Å²) >= 11 is 0.